The number of rotatable bonds is 5. The van der Waals surface area contributed by atoms with Gasteiger partial charge in [-0.2, -0.15) is 0 Å². The van der Waals surface area contributed by atoms with Gasteiger partial charge in [-0.05, 0) is 37.3 Å². The molecule has 1 aliphatic rings. The molecule has 1 aromatic carbocycles. The Bertz CT molecular complexity index is 680. The number of aromatic nitrogens is 1. The second-order valence-corrected chi connectivity index (χ2v) is 6.94. The maximum atomic E-state index is 12.2. The zero-order chi connectivity index (χ0) is 16.2. The molecule has 0 saturated heterocycles. The molecule has 3 rings (SSSR count). The van der Waals surface area contributed by atoms with Crippen molar-refractivity contribution in [2.45, 2.75) is 38.5 Å². The molecule has 2 aromatic rings. The smallest absolute Gasteiger partial charge is 0.233 e. The molecule has 1 heterocycles. The Morgan fingerprint density at radius 2 is 2.17 bits per heavy atom. The van der Waals surface area contributed by atoms with Gasteiger partial charge < -0.3 is 5.32 Å². The van der Waals surface area contributed by atoms with Crippen molar-refractivity contribution >= 4 is 28.2 Å². The maximum absolute atomic E-state index is 12.2. The number of ketones is 1. The molecular weight excluding hydrogens is 308 g/mol. The number of hydrogen-bond acceptors (Lipinski definition) is 4. The SMILES string of the molecule is C[C@@H](C(=O)Nc1nccs1)c1ccc(C[C@@H]2CCCC2=O)cc1. The lowest BCUT2D eigenvalue weighted by atomic mass is 9.94. The lowest BCUT2D eigenvalue weighted by Gasteiger charge is -2.13. The van der Waals surface area contributed by atoms with Crippen molar-refractivity contribution in [2.24, 2.45) is 5.92 Å². The molecule has 0 aliphatic heterocycles. The highest BCUT2D eigenvalue weighted by atomic mass is 32.1. The first kappa shape index (κ1) is 15.9. The van der Waals surface area contributed by atoms with E-state index < -0.39 is 0 Å². The molecule has 23 heavy (non-hydrogen) atoms. The van der Waals surface area contributed by atoms with Gasteiger partial charge >= 0.3 is 0 Å². The number of Topliss-reactive ketones (excluding diaryl/α,β-unsaturated/α-hetero) is 1. The van der Waals surface area contributed by atoms with E-state index in [0.717, 1.165) is 31.2 Å². The van der Waals surface area contributed by atoms with Gasteiger partial charge in [0, 0.05) is 23.9 Å². The average Bonchev–Trinajstić information content (AvgIpc) is 3.20. The predicted molar refractivity (Wildman–Crippen MR) is 91.7 cm³/mol. The Kier molecular flexibility index (Phi) is 4.86. The standard InChI is InChI=1S/C18H20N2O2S/c1-12(17(22)20-18-19-9-10-23-18)14-7-5-13(6-8-14)11-15-3-2-4-16(15)21/h5-10,12,15H,2-4,11H2,1H3,(H,19,20,22)/t12-,15+/m1/s1. The van der Waals surface area contributed by atoms with Gasteiger partial charge in [-0.1, -0.05) is 24.3 Å². The van der Waals surface area contributed by atoms with Crippen molar-refractivity contribution in [3.63, 3.8) is 0 Å². The second kappa shape index (κ2) is 7.04. The molecule has 1 amide bonds. The Morgan fingerprint density at radius 1 is 1.39 bits per heavy atom. The highest BCUT2D eigenvalue weighted by Gasteiger charge is 2.24. The normalized spacial score (nSPS) is 18.8. The van der Waals surface area contributed by atoms with Crippen LogP contribution in [-0.2, 0) is 16.0 Å². The fourth-order valence-corrected chi connectivity index (χ4v) is 3.51. The summed E-state index contributed by atoms with van der Waals surface area (Å²) in [5.41, 5.74) is 2.14. The van der Waals surface area contributed by atoms with Crippen LogP contribution in [0, 0.1) is 5.92 Å². The molecule has 0 unspecified atom stereocenters. The van der Waals surface area contributed by atoms with E-state index in [1.165, 1.54) is 16.9 Å². The van der Waals surface area contributed by atoms with Crippen molar-refractivity contribution in [1.29, 1.82) is 0 Å². The summed E-state index contributed by atoms with van der Waals surface area (Å²) >= 11 is 1.41. The van der Waals surface area contributed by atoms with E-state index in [9.17, 15) is 9.59 Å². The van der Waals surface area contributed by atoms with E-state index >= 15 is 0 Å². The van der Waals surface area contributed by atoms with Crippen LogP contribution in [0.1, 0.15) is 43.2 Å². The summed E-state index contributed by atoms with van der Waals surface area (Å²) in [6.45, 7) is 1.89. The van der Waals surface area contributed by atoms with Gasteiger partial charge in [-0.15, -0.1) is 11.3 Å². The van der Waals surface area contributed by atoms with E-state index in [2.05, 4.69) is 10.3 Å². The van der Waals surface area contributed by atoms with Crippen LogP contribution in [0.15, 0.2) is 35.8 Å². The molecule has 0 bridgehead atoms. The predicted octanol–water partition coefficient (Wildman–Crippen LogP) is 3.80. The summed E-state index contributed by atoms with van der Waals surface area (Å²) in [7, 11) is 0. The number of carbonyl (C=O) groups is 2. The zero-order valence-electron chi connectivity index (χ0n) is 13.1. The van der Waals surface area contributed by atoms with Crippen LogP contribution in [-0.4, -0.2) is 16.7 Å². The Morgan fingerprint density at radius 3 is 2.78 bits per heavy atom. The zero-order valence-corrected chi connectivity index (χ0v) is 13.9. The van der Waals surface area contributed by atoms with Crippen molar-refractivity contribution in [3.05, 3.63) is 47.0 Å². The number of amides is 1. The number of hydrogen-bond donors (Lipinski definition) is 1. The lowest BCUT2D eigenvalue weighted by Crippen LogP contribution is -2.18. The number of thiazole rings is 1. The van der Waals surface area contributed by atoms with Gasteiger partial charge in [0.15, 0.2) is 5.13 Å². The third kappa shape index (κ3) is 3.85. The molecule has 5 heteroatoms. The third-order valence-corrected chi connectivity index (χ3v) is 5.14. The fourth-order valence-electron chi connectivity index (χ4n) is 2.98. The number of nitrogens with one attached hydrogen (secondary N) is 1. The number of carbonyl (C=O) groups excluding carboxylic acids is 2. The highest BCUT2D eigenvalue weighted by Crippen LogP contribution is 2.26. The number of anilines is 1. The molecule has 0 spiro atoms. The Balaban J connectivity index is 1.61. The molecule has 1 saturated carbocycles. The summed E-state index contributed by atoms with van der Waals surface area (Å²) in [4.78, 5) is 28.0. The maximum Gasteiger partial charge on any atom is 0.233 e. The third-order valence-electron chi connectivity index (χ3n) is 4.45. The summed E-state index contributed by atoms with van der Waals surface area (Å²) in [5.74, 6) is 0.288. The largest absolute Gasteiger partial charge is 0.301 e. The molecule has 4 nitrogen and oxygen atoms in total. The quantitative estimate of drug-likeness (QED) is 0.908. The first-order chi connectivity index (χ1) is 11.1. The van der Waals surface area contributed by atoms with E-state index in [4.69, 9.17) is 0 Å². The minimum atomic E-state index is -0.235. The summed E-state index contributed by atoms with van der Waals surface area (Å²) in [6, 6.07) is 8.05. The molecule has 0 radical (unpaired) electrons. The van der Waals surface area contributed by atoms with E-state index in [-0.39, 0.29) is 17.7 Å². The molecule has 2 atom stereocenters. The molecule has 1 aromatic heterocycles. The van der Waals surface area contributed by atoms with Crippen molar-refractivity contribution < 1.29 is 9.59 Å². The van der Waals surface area contributed by atoms with E-state index in [1.807, 2.05) is 36.6 Å². The van der Waals surface area contributed by atoms with Gasteiger partial charge in [-0.3, -0.25) is 9.59 Å². The van der Waals surface area contributed by atoms with Gasteiger partial charge in [-0.25, -0.2) is 4.98 Å². The monoisotopic (exact) mass is 328 g/mol. The van der Waals surface area contributed by atoms with Crippen LogP contribution in [0.2, 0.25) is 0 Å². The Hall–Kier alpha value is -2.01. The molecule has 1 aliphatic carbocycles. The molecule has 1 N–H and O–H groups in total. The highest BCUT2D eigenvalue weighted by molar-refractivity contribution is 7.13. The summed E-state index contributed by atoms with van der Waals surface area (Å²) < 4.78 is 0. The van der Waals surface area contributed by atoms with Crippen molar-refractivity contribution in [1.82, 2.24) is 4.98 Å². The van der Waals surface area contributed by atoms with Crippen LogP contribution >= 0.6 is 11.3 Å². The van der Waals surface area contributed by atoms with Gasteiger partial charge in [0.05, 0.1) is 5.92 Å². The topological polar surface area (TPSA) is 59.1 Å². The van der Waals surface area contributed by atoms with Gasteiger partial charge in [0.1, 0.15) is 5.78 Å². The molecule has 1 fully saturated rings. The number of nitrogens with zero attached hydrogens (tertiary/aromatic N) is 1. The van der Waals surface area contributed by atoms with Crippen LogP contribution in [0.25, 0.3) is 0 Å². The minimum absolute atomic E-state index is 0.0568. The van der Waals surface area contributed by atoms with Crippen LogP contribution in [0.4, 0.5) is 5.13 Å². The van der Waals surface area contributed by atoms with E-state index in [0.29, 0.717) is 10.9 Å². The average molecular weight is 328 g/mol. The second-order valence-electron chi connectivity index (χ2n) is 6.05. The van der Waals surface area contributed by atoms with Gasteiger partial charge in [0.2, 0.25) is 5.91 Å². The number of benzene rings is 1. The fraction of sp³-hybridized carbons (Fsp3) is 0.389. The van der Waals surface area contributed by atoms with E-state index in [1.54, 1.807) is 6.20 Å². The molecular formula is C18H20N2O2S. The Labute approximate surface area is 140 Å². The lowest BCUT2D eigenvalue weighted by molar-refractivity contribution is -0.120. The first-order valence-electron chi connectivity index (χ1n) is 7.95. The van der Waals surface area contributed by atoms with Crippen LogP contribution < -0.4 is 5.32 Å². The summed E-state index contributed by atoms with van der Waals surface area (Å²) in [6.07, 6.45) is 5.25. The van der Waals surface area contributed by atoms with Crippen molar-refractivity contribution in [3.8, 4) is 0 Å². The van der Waals surface area contributed by atoms with Crippen LogP contribution in [0.5, 0.6) is 0 Å². The van der Waals surface area contributed by atoms with Gasteiger partial charge in [0.25, 0.3) is 0 Å². The molecule has 120 valence electrons. The van der Waals surface area contributed by atoms with Crippen LogP contribution in [0.3, 0.4) is 0 Å². The minimum Gasteiger partial charge on any atom is -0.301 e. The first-order valence-corrected chi connectivity index (χ1v) is 8.83. The van der Waals surface area contributed by atoms with Crippen molar-refractivity contribution in [2.75, 3.05) is 5.32 Å². The summed E-state index contributed by atoms with van der Waals surface area (Å²) in [5, 5.41) is 5.28.